The second-order valence-electron chi connectivity index (χ2n) is 9.34. The summed E-state index contributed by atoms with van der Waals surface area (Å²) in [4.78, 5) is 17.5. The number of rotatable bonds is 6. The second kappa shape index (κ2) is 8.76. The summed E-state index contributed by atoms with van der Waals surface area (Å²) in [6, 6.07) is 0. The Morgan fingerprint density at radius 2 is 2.04 bits per heavy atom. The molecule has 1 amide bonds. The lowest BCUT2D eigenvalue weighted by Crippen LogP contribution is -2.45. The third-order valence-electron chi connectivity index (χ3n) is 7.29. The third-order valence-corrected chi connectivity index (χ3v) is 7.29. The van der Waals surface area contributed by atoms with Crippen LogP contribution in [0.3, 0.4) is 0 Å². The molecule has 1 N–H and O–H groups in total. The number of amides is 1. The van der Waals surface area contributed by atoms with Gasteiger partial charge in [-0.25, -0.2) is 0 Å². The molecule has 1 spiro atoms. The molecule has 1 aromatic rings. The first-order valence-corrected chi connectivity index (χ1v) is 11.2. The molecule has 5 heteroatoms. The van der Waals surface area contributed by atoms with Gasteiger partial charge < -0.3 is 9.80 Å². The molecule has 150 valence electrons. The topological polar surface area (TPSA) is 52.2 Å². The van der Waals surface area contributed by atoms with Crippen LogP contribution in [0.5, 0.6) is 0 Å². The van der Waals surface area contributed by atoms with Crippen molar-refractivity contribution in [2.24, 2.45) is 11.3 Å². The minimum absolute atomic E-state index is 0.326. The molecule has 0 unspecified atom stereocenters. The normalized spacial score (nSPS) is 27.5. The molecule has 0 aromatic carbocycles. The van der Waals surface area contributed by atoms with Gasteiger partial charge in [-0.05, 0) is 56.7 Å². The van der Waals surface area contributed by atoms with Crippen LogP contribution in [0, 0.1) is 11.3 Å². The van der Waals surface area contributed by atoms with Crippen LogP contribution in [-0.4, -0.2) is 58.6 Å². The van der Waals surface area contributed by atoms with E-state index in [0.717, 1.165) is 31.0 Å². The summed E-state index contributed by atoms with van der Waals surface area (Å²) in [6.07, 6.45) is 17.6. The van der Waals surface area contributed by atoms with Gasteiger partial charge in [0, 0.05) is 37.7 Å². The largest absolute Gasteiger partial charge is 0.342 e. The van der Waals surface area contributed by atoms with E-state index >= 15 is 0 Å². The van der Waals surface area contributed by atoms with E-state index in [0.29, 0.717) is 17.7 Å². The molecular weight excluding hydrogens is 336 g/mol. The quantitative estimate of drug-likeness (QED) is 0.830. The number of aromatic nitrogens is 2. The van der Waals surface area contributed by atoms with E-state index in [-0.39, 0.29) is 0 Å². The van der Waals surface area contributed by atoms with E-state index in [4.69, 9.17) is 0 Å². The molecule has 3 heterocycles. The average molecular weight is 373 g/mol. The summed E-state index contributed by atoms with van der Waals surface area (Å²) in [6.45, 7) is 5.70. The number of carbonyl (C=O) groups excluding carboxylic acids is 1. The molecule has 4 rings (SSSR count). The van der Waals surface area contributed by atoms with Crippen LogP contribution in [0.2, 0.25) is 0 Å². The number of aryl methyl sites for hydroxylation is 1. The first-order valence-electron chi connectivity index (χ1n) is 11.2. The van der Waals surface area contributed by atoms with Gasteiger partial charge in [0.25, 0.3) is 0 Å². The van der Waals surface area contributed by atoms with Crippen molar-refractivity contribution in [3.05, 3.63) is 18.0 Å². The summed E-state index contributed by atoms with van der Waals surface area (Å²) >= 11 is 0. The smallest absolute Gasteiger partial charge is 0.222 e. The Morgan fingerprint density at radius 1 is 1.15 bits per heavy atom. The van der Waals surface area contributed by atoms with Gasteiger partial charge in [-0.1, -0.05) is 32.1 Å². The van der Waals surface area contributed by atoms with Crippen LogP contribution < -0.4 is 0 Å². The van der Waals surface area contributed by atoms with Gasteiger partial charge >= 0.3 is 0 Å². The fraction of sp³-hybridized carbons (Fsp3) is 0.818. The first kappa shape index (κ1) is 19.0. The Kier molecular flexibility index (Phi) is 6.16. The lowest BCUT2D eigenvalue weighted by Gasteiger charge is -2.41. The van der Waals surface area contributed by atoms with E-state index in [1.54, 1.807) is 0 Å². The number of likely N-dealkylation sites (tertiary alicyclic amines) is 2. The zero-order valence-electron chi connectivity index (χ0n) is 16.8. The SMILES string of the molecule is O=C(CCc1cn[nH]c1)N1CC[C@@]2(CCCN(CCC3CCCCC3)C2)C1. The van der Waals surface area contributed by atoms with Gasteiger partial charge in [0.1, 0.15) is 0 Å². The standard InChI is InChI=1S/C22H36N4O/c27-21(8-7-20-15-23-24-16-20)26-14-11-22(18-26)10-4-12-25(17-22)13-9-19-5-2-1-3-6-19/h15-16,19H,1-14,17-18H2,(H,23,24)/t22-/m1/s1. The molecule has 2 aliphatic heterocycles. The highest BCUT2D eigenvalue weighted by Gasteiger charge is 2.42. The summed E-state index contributed by atoms with van der Waals surface area (Å²) in [7, 11) is 0. The molecule has 1 aromatic heterocycles. The van der Waals surface area contributed by atoms with Crippen LogP contribution in [0.25, 0.3) is 0 Å². The molecule has 0 radical (unpaired) electrons. The maximum absolute atomic E-state index is 12.7. The number of nitrogens with zero attached hydrogens (tertiary/aromatic N) is 3. The van der Waals surface area contributed by atoms with Crippen LogP contribution in [0.1, 0.15) is 69.8 Å². The molecular formula is C22H36N4O. The van der Waals surface area contributed by atoms with Gasteiger partial charge in [-0.2, -0.15) is 5.10 Å². The number of hydrogen-bond acceptors (Lipinski definition) is 3. The summed E-state index contributed by atoms with van der Waals surface area (Å²) in [5.74, 6) is 1.30. The maximum Gasteiger partial charge on any atom is 0.222 e. The first-order chi connectivity index (χ1) is 13.2. The zero-order valence-corrected chi connectivity index (χ0v) is 16.8. The molecule has 27 heavy (non-hydrogen) atoms. The van der Waals surface area contributed by atoms with Gasteiger partial charge in [0.2, 0.25) is 5.91 Å². The Labute approximate surface area is 163 Å². The van der Waals surface area contributed by atoms with Gasteiger partial charge in [0.15, 0.2) is 0 Å². The summed E-state index contributed by atoms with van der Waals surface area (Å²) < 4.78 is 0. The number of H-pyrrole nitrogens is 1. The highest BCUT2D eigenvalue weighted by Crippen LogP contribution is 2.39. The number of carbonyl (C=O) groups is 1. The zero-order chi connectivity index (χ0) is 18.5. The number of aromatic amines is 1. The second-order valence-corrected chi connectivity index (χ2v) is 9.34. The summed E-state index contributed by atoms with van der Waals surface area (Å²) in [5.41, 5.74) is 1.50. The molecule has 1 saturated carbocycles. The van der Waals surface area contributed by atoms with Crippen LogP contribution in [0.4, 0.5) is 0 Å². The van der Waals surface area contributed by atoms with Crippen molar-refractivity contribution in [3.63, 3.8) is 0 Å². The predicted molar refractivity (Wildman–Crippen MR) is 107 cm³/mol. The van der Waals surface area contributed by atoms with Crippen molar-refractivity contribution in [2.75, 3.05) is 32.7 Å². The highest BCUT2D eigenvalue weighted by molar-refractivity contribution is 5.76. The third kappa shape index (κ3) is 4.92. The Balaban J connectivity index is 1.24. The van der Waals surface area contributed by atoms with E-state index in [9.17, 15) is 4.79 Å². The van der Waals surface area contributed by atoms with E-state index < -0.39 is 0 Å². The molecule has 1 aliphatic carbocycles. The van der Waals surface area contributed by atoms with Gasteiger partial charge in [-0.3, -0.25) is 9.89 Å². The number of hydrogen-bond donors (Lipinski definition) is 1. The Bertz CT molecular complexity index is 595. The minimum atomic E-state index is 0.326. The molecule has 3 fully saturated rings. The Hall–Kier alpha value is -1.36. The van der Waals surface area contributed by atoms with E-state index in [2.05, 4.69) is 20.0 Å². The van der Waals surface area contributed by atoms with Crippen molar-refractivity contribution in [2.45, 2.75) is 70.6 Å². The maximum atomic E-state index is 12.7. The molecule has 3 aliphatic rings. The monoisotopic (exact) mass is 372 g/mol. The van der Waals surface area contributed by atoms with Crippen molar-refractivity contribution in [1.82, 2.24) is 20.0 Å². The number of nitrogens with one attached hydrogen (secondary N) is 1. The van der Waals surface area contributed by atoms with Crippen molar-refractivity contribution >= 4 is 5.91 Å². The van der Waals surface area contributed by atoms with E-state index in [1.165, 1.54) is 77.4 Å². The van der Waals surface area contributed by atoms with Crippen molar-refractivity contribution in [1.29, 1.82) is 0 Å². The van der Waals surface area contributed by atoms with Crippen LogP contribution in [0.15, 0.2) is 12.4 Å². The molecule has 0 bridgehead atoms. The fourth-order valence-corrected chi connectivity index (χ4v) is 5.65. The lowest BCUT2D eigenvalue weighted by atomic mass is 9.79. The lowest BCUT2D eigenvalue weighted by molar-refractivity contribution is -0.130. The van der Waals surface area contributed by atoms with Gasteiger partial charge in [-0.15, -0.1) is 0 Å². The van der Waals surface area contributed by atoms with E-state index in [1.807, 2.05) is 12.4 Å². The highest BCUT2D eigenvalue weighted by atomic mass is 16.2. The molecule has 1 atom stereocenters. The molecule has 5 nitrogen and oxygen atoms in total. The molecule has 2 saturated heterocycles. The van der Waals surface area contributed by atoms with Crippen LogP contribution >= 0.6 is 0 Å². The number of piperidine rings is 1. The Morgan fingerprint density at radius 3 is 2.85 bits per heavy atom. The fourth-order valence-electron chi connectivity index (χ4n) is 5.65. The van der Waals surface area contributed by atoms with Crippen molar-refractivity contribution in [3.8, 4) is 0 Å². The van der Waals surface area contributed by atoms with Gasteiger partial charge in [0.05, 0.1) is 6.20 Å². The predicted octanol–water partition coefficient (Wildman–Crippen LogP) is 3.63. The minimum Gasteiger partial charge on any atom is -0.342 e. The van der Waals surface area contributed by atoms with Crippen molar-refractivity contribution < 1.29 is 4.79 Å². The van der Waals surface area contributed by atoms with Crippen LogP contribution in [-0.2, 0) is 11.2 Å². The summed E-state index contributed by atoms with van der Waals surface area (Å²) in [5, 5.41) is 6.80. The average Bonchev–Trinajstić information content (AvgIpc) is 3.36.